The fourth-order valence-electron chi connectivity index (χ4n) is 1.77. The maximum atomic E-state index is 11.8. The van der Waals surface area contributed by atoms with Crippen LogP contribution in [0.2, 0.25) is 0 Å². The SMILES string of the molecule is COc1ccc(CNC(=O)COc2ccccc2OC)cn1. The van der Waals surface area contributed by atoms with Crippen LogP contribution >= 0.6 is 0 Å². The number of ether oxygens (including phenoxy) is 3. The van der Waals surface area contributed by atoms with Gasteiger partial charge in [0.1, 0.15) is 0 Å². The minimum atomic E-state index is -0.221. The molecule has 0 aliphatic rings. The van der Waals surface area contributed by atoms with E-state index in [1.807, 2.05) is 18.2 Å². The molecule has 2 rings (SSSR count). The van der Waals surface area contributed by atoms with Gasteiger partial charge in [-0.15, -0.1) is 0 Å². The van der Waals surface area contributed by atoms with Gasteiger partial charge < -0.3 is 19.5 Å². The average Bonchev–Trinajstić information content (AvgIpc) is 2.58. The highest BCUT2D eigenvalue weighted by molar-refractivity contribution is 5.77. The molecule has 6 heteroatoms. The number of aromatic nitrogens is 1. The number of rotatable bonds is 7. The lowest BCUT2D eigenvalue weighted by atomic mass is 10.3. The van der Waals surface area contributed by atoms with Crippen LogP contribution in [0.3, 0.4) is 0 Å². The van der Waals surface area contributed by atoms with Gasteiger partial charge >= 0.3 is 0 Å². The molecule has 0 spiro atoms. The molecule has 1 amide bonds. The van der Waals surface area contributed by atoms with E-state index in [1.165, 1.54) is 0 Å². The third-order valence-electron chi connectivity index (χ3n) is 2.92. The summed E-state index contributed by atoms with van der Waals surface area (Å²) in [5.74, 6) is 1.44. The quantitative estimate of drug-likeness (QED) is 0.844. The summed E-state index contributed by atoms with van der Waals surface area (Å²) in [5.41, 5.74) is 0.881. The molecule has 1 aromatic heterocycles. The molecule has 2 aromatic rings. The highest BCUT2D eigenvalue weighted by Crippen LogP contribution is 2.25. The Balaban J connectivity index is 1.80. The van der Waals surface area contributed by atoms with Gasteiger partial charge in [0.05, 0.1) is 14.2 Å². The smallest absolute Gasteiger partial charge is 0.258 e. The van der Waals surface area contributed by atoms with E-state index in [0.717, 1.165) is 5.56 Å². The van der Waals surface area contributed by atoms with Crippen LogP contribution in [-0.4, -0.2) is 31.7 Å². The Morgan fingerprint density at radius 3 is 2.50 bits per heavy atom. The van der Waals surface area contributed by atoms with Crippen molar-refractivity contribution in [2.75, 3.05) is 20.8 Å². The number of amides is 1. The van der Waals surface area contributed by atoms with E-state index >= 15 is 0 Å². The molecule has 22 heavy (non-hydrogen) atoms. The number of carbonyl (C=O) groups is 1. The number of carbonyl (C=O) groups excluding carboxylic acids is 1. The molecule has 0 fully saturated rings. The molecule has 0 saturated carbocycles. The third-order valence-corrected chi connectivity index (χ3v) is 2.92. The summed E-state index contributed by atoms with van der Waals surface area (Å²) in [6.07, 6.45) is 1.65. The molecule has 0 bridgehead atoms. The summed E-state index contributed by atoms with van der Waals surface area (Å²) in [6.45, 7) is 0.301. The molecule has 1 aromatic carbocycles. The highest BCUT2D eigenvalue weighted by Gasteiger charge is 2.06. The maximum absolute atomic E-state index is 11.8. The maximum Gasteiger partial charge on any atom is 0.258 e. The van der Waals surface area contributed by atoms with Crippen molar-refractivity contribution in [2.45, 2.75) is 6.54 Å². The van der Waals surface area contributed by atoms with Crippen molar-refractivity contribution in [3.05, 3.63) is 48.2 Å². The molecule has 0 aliphatic heterocycles. The largest absolute Gasteiger partial charge is 0.493 e. The number of nitrogens with one attached hydrogen (secondary N) is 1. The van der Waals surface area contributed by atoms with Gasteiger partial charge in [-0.2, -0.15) is 0 Å². The van der Waals surface area contributed by atoms with Gasteiger partial charge in [0.2, 0.25) is 5.88 Å². The minimum absolute atomic E-state index is 0.0794. The highest BCUT2D eigenvalue weighted by atomic mass is 16.5. The number of methoxy groups -OCH3 is 2. The first-order valence-corrected chi connectivity index (χ1v) is 6.74. The first-order chi connectivity index (χ1) is 10.7. The van der Waals surface area contributed by atoms with Crippen molar-refractivity contribution in [2.24, 2.45) is 0 Å². The van der Waals surface area contributed by atoms with Gasteiger partial charge in [0.15, 0.2) is 18.1 Å². The number of pyridine rings is 1. The Morgan fingerprint density at radius 1 is 1.09 bits per heavy atom. The fraction of sp³-hybridized carbons (Fsp3) is 0.250. The minimum Gasteiger partial charge on any atom is -0.493 e. The second kappa shape index (κ2) is 7.87. The summed E-state index contributed by atoms with van der Waals surface area (Å²) in [5, 5.41) is 2.76. The zero-order valence-electron chi connectivity index (χ0n) is 12.5. The molecule has 0 atom stereocenters. The van der Waals surface area contributed by atoms with E-state index in [2.05, 4.69) is 10.3 Å². The van der Waals surface area contributed by atoms with Crippen molar-refractivity contribution >= 4 is 5.91 Å². The van der Waals surface area contributed by atoms with Gasteiger partial charge in [-0.05, 0) is 17.7 Å². The molecule has 1 heterocycles. The van der Waals surface area contributed by atoms with Gasteiger partial charge in [-0.25, -0.2) is 4.98 Å². The number of nitrogens with zero attached hydrogens (tertiary/aromatic N) is 1. The Labute approximate surface area is 129 Å². The lowest BCUT2D eigenvalue weighted by Gasteiger charge is -2.10. The Morgan fingerprint density at radius 2 is 1.86 bits per heavy atom. The van der Waals surface area contributed by atoms with E-state index in [9.17, 15) is 4.79 Å². The molecule has 116 valence electrons. The van der Waals surface area contributed by atoms with Crippen LogP contribution in [0.5, 0.6) is 17.4 Å². The molecular weight excluding hydrogens is 284 g/mol. The second-order valence-corrected chi connectivity index (χ2v) is 4.43. The monoisotopic (exact) mass is 302 g/mol. The summed E-state index contributed by atoms with van der Waals surface area (Å²) >= 11 is 0. The Bertz CT molecular complexity index is 614. The van der Waals surface area contributed by atoms with Crippen LogP contribution in [-0.2, 0) is 11.3 Å². The van der Waals surface area contributed by atoms with Crippen LogP contribution in [0.1, 0.15) is 5.56 Å². The molecule has 0 aliphatic carbocycles. The lowest BCUT2D eigenvalue weighted by molar-refractivity contribution is -0.123. The van der Waals surface area contributed by atoms with E-state index in [4.69, 9.17) is 14.2 Å². The molecular formula is C16H18N2O4. The van der Waals surface area contributed by atoms with Crippen molar-refractivity contribution in [3.8, 4) is 17.4 Å². The number of para-hydroxylation sites is 2. The molecule has 1 N–H and O–H groups in total. The predicted octanol–water partition coefficient (Wildman–Crippen LogP) is 1.79. The van der Waals surface area contributed by atoms with Crippen LogP contribution < -0.4 is 19.5 Å². The second-order valence-electron chi connectivity index (χ2n) is 4.43. The predicted molar refractivity (Wildman–Crippen MR) is 81.1 cm³/mol. The standard InChI is InChI=1S/C16H18N2O4/c1-20-13-5-3-4-6-14(13)22-11-15(19)17-9-12-7-8-16(21-2)18-10-12/h3-8,10H,9,11H2,1-2H3,(H,17,19). The lowest BCUT2D eigenvalue weighted by Crippen LogP contribution is -2.28. The summed E-state index contributed by atoms with van der Waals surface area (Å²) in [4.78, 5) is 15.9. The van der Waals surface area contributed by atoms with Crippen molar-refractivity contribution < 1.29 is 19.0 Å². The van der Waals surface area contributed by atoms with Crippen molar-refractivity contribution in [1.29, 1.82) is 0 Å². The zero-order chi connectivity index (χ0) is 15.8. The van der Waals surface area contributed by atoms with Gasteiger partial charge in [-0.1, -0.05) is 18.2 Å². The van der Waals surface area contributed by atoms with E-state index < -0.39 is 0 Å². The normalized spacial score (nSPS) is 9.91. The topological polar surface area (TPSA) is 69.7 Å². The number of benzene rings is 1. The first kappa shape index (κ1) is 15.6. The van der Waals surface area contributed by atoms with Crippen LogP contribution in [0.15, 0.2) is 42.6 Å². The van der Waals surface area contributed by atoms with Crippen LogP contribution in [0, 0.1) is 0 Å². The first-order valence-electron chi connectivity index (χ1n) is 6.74. The van der Waals surface area contributed by atoms with Crippen LogP contribution in [0.25, 0.3) is 0 Å². The van der Waals surface area contributed by atoms with E-state index in [1.54, 1.807) is 38.6 Å². The Hall–Kier alpha value is -2.76. The molecule has 0 saturated heterocycles. The fourth-order valence-corrected chi connectivity index (χ4v) is 1.77. The zero-order valence-corrected chi connectivity index (χ0v) is 12.5. The van der Waals surface area contributed by atoms with E-state index in [-0.39, 0.29) is 12.5 Å². The number of hydrogen-bond acceptors (Lipinski definition) is 5. The summed E-state index contributed by atoms with van der Waals surface area (Å²) < 4.78 is 15.6. The van der Waals surface area contributed by atoms with Gasteiger partial charge in [0, 0.05) is 18.8 Å². The van der Waals surface area contributed by atoms with Crippen LogP contribution in [0.4, 0.5) is 0 Å². The van der Waals surface area contributed by atoms with Crippen molar-refractivity contribution in [3.63, 3.8) is 0 Å². The van der Waals surface area contributed by atoms with E-state index in [0.29, 0.717) is 23.9 Å². The van der Waals surface area contributed by atoms with Gasteiger partial charge in [0.25, 0.3) is 5.91 Å². The summed E-state index contributed by atoms with van der Waals surface area (Å²) in [6, 6.07) is 10.8. The average molecular weight is 302 g/mol. The molecule has 6 nitrogen and oxygen atoms in total. The number of hydrogen-bond donors (Lipinski definition) is 1. The van der Waals surface area contributed by atoms with Gasteiger partial charge in [-0.3, -0.25) is 4.79 Å². The molecule has 0 unspecified atom stereocenters. The van der Waals surface area contributed by atoms with Crippen molar-refractivity contribution in [1.82, 2.24) is 10.3 Å². The third kappa shape index (κ3) is 4.37. The summed E-state index contributed by atoms with van der Waals surface area (Å²) in [7, 11) is 3.11. The Kier molecular flexibility index (Phi) is 5.59. The molecule has 0 radical (unpaired) electrons.